The molecular weight excluding hydrogens is 328 g/mol. The Balaban J connectivity index is 1.71. The Hall–Kier alpha value is -2.00. The van der Waals surface area contributed by atoms with Crippen molar-refractivity contribution >= 4 is 15.8 Å². The molecule has 2 aromatic rings. The quantitative estimate of drug-likeness (QED) is 0.887. The van der Waals surface area contributed by atoms with Gasteiger partial charge in [0.25, 0.3) is 0 Å². The minimum Gasteiger partial charge on any atom is -0.356 e. The maximum Gasteiger partial charge on any atom is 0.246 e. The lowest BCUT2D eigenvalue weighted by Crippen LogP contribution is -2.46. The van der Waals surface area contributed by atoms with Crippen LogP contribution in [0.4, 0.5) is 5.82 Å². The number of aromatic nitrogens is 4. The summed E-state index contributed by atoms with van der Waals surface area (Å²) in [5.41, 5.74) is 1.11. The molecule has 0 amide bonds. The molecular formula is C15H22N6O2S. The molecule has 3 rings (SSSR count). The molecule has 1 aliphatic heterocycles. The third-order valence-electron chi connectivity index (χ3n) is 4.56. The van der Waals surface area contributed by atoms with Crippen LogP contribution in [0.25, 0.3) is 0 Å². The van der Waals surface area contributed by atoms with Gasteiger partial charge in [0, 0.05) is 32.4 Å². The fourth-order valence-corrected chi connectivity index (χ4v) is 5.00. The standard InChI is InChI=1S/C15H22N6O2S/c1-11-15(12(2)19-18-11)24(22,23)21-8-5-13(6-9-21)20(3)14-4-7-16-10-17-14/h4,7,10,13H,5-6,8-9H2,1-3H3,(H,18,19). The van der Waals surface area contributed by atoms with Gasteiger partial charge in [0.15, 0.2) is 0 Å². The second-order valence-electron chi connectivity index (χ2n) is 6.08. The number of aryl methyl sites for hydroxylation is 2. The smallest absolute Gasteiger partial charge is 0.246 e. The summed E-state index contributed by atoms with van der Waals surface area (Å²) in [6, 6.07) is 2.12. The van der Waals surface area contributed by atoms with Gasteiger partial charge < -0.3 is 4.90 Å². The molecule has 130 valence electrons. The van der Waals surface area contributed by atoms with Gasteiger partial charge in [-0.25, -0.2) is 18.4 Å². The first kappa shape index (κ1) is 16.8. The van der Waals surface area contributed by atoms with E-state index in [1.54, 1.807) is 24.3 Å². The van der Waals surface area contributed by atoms with Crippen LogP contribution in [0.15, 0.2) is 23.5 Å². The summed E-state index contributed by atoms with van der Waals surface area (Å²) in [6.45, 7) is 4.44. The molecule has 0 saturated carbocycles. The van der Waals surface area contributed by atoms with Crippen molar-refractivity contribution in [1.82, 2.24) is 24.5 Å². The van der Waals surface area contributed by atoms with E-state index in [1.165, 1.54) is 6.33 Å². The highest BCUT2D eigenvalue weighted by molar-refractivity contribution is 7.89. The van der Waals surface area contributed by atoms with E-state index in [4.69, 9.17) is 0 Å². The van der Waals surface area contributed by atoms with Gasteiger partial charge in [-0.05, 0) is 32.8 Å². The molecule has 2 aromatic heterocycles. The SMILES string of the molecule is Cc1n[nH]c(C)c1S(=O)(=O)N1CCC(N(C)c2ccncn2)CC1. The van der Waals surface area contributed by atoms with E-state index in [0.717, 1.165) is 18.7 Å². The number of hydrogen-bond acceptors (Lipinski definition) is 6. The highest BCUT2D eigenvalue weighted by Gasteiger charge is 2.33. The van der Waals surface area contributed by atoms with Crippen LogP contribution in [-0.2, 0) is 10.0 Å². The Morgan fingerprint density at radius 2 is 2.00 bits per heavy atom. The topological polar surface area (TPSA) is 95.1 Å². The maximum absolute atomic E-state index is 12.9. The monoisotopic (exact) mass is 350 g/mol. The second kappa shape index (κ2) is 6.48. The largest absolute Gasteiger partial charge is 0.356 e. The van der Waals surface area contributed by atoms with Gasteiger partial charge in [0.1, 0.15) is 17.0 Å². The molecule has 0 spiro atoms. The lowest BCUT2D eigenvalue weighted by atomic mass is 10.1. The summed E-state index contributed by atoms with van der Waals surface area (Å²) in [4.78, 5) is 10.6. The molecule has 9 heteroatoms. The second-order valence-corrected chi connectivity index (χ2v) is 7.95. The Morgan fingerprint density at radius 1 is 1.29 bits per heavy atom. The van der Waals surface area contributed by atoms with E-state index in [9.17, 15) is 8.42 Å². The summed E-state index contributed by atoms with van der Waals surface area (Å²) >= 11 is 0. The summed E-state index contributed by atoms with van der Waals surface area (Å²) in [5, 5.41) is 6.76. The summed E-state index contributed by atoms with van der Waals surface area (Å²) in [6.07, 6.45) is 4.75. The number of nitrogens with one attached hydrogen (secondary N) is 1. The lowest BCUT2D eigenvalue weighted by Gasteiger charge is -2.36. The first-order valence-electron chi connectivity index (χ1n) is 7.92. The van der Waals surface area contributed by atoms with Gasteiger partial charge in [0.2, 0.25) is 10.0 Å². The lowest BCUT2D eigenvalue weighted by molar-refractivity contribution is 0.314. The van der Waals surface area contributed by atoms with Crippen LogP contribution in [0, 0.1) is 13.8 Å². The first-order chi connectivity index (χ1) is 11.4. The highest BCUT2D eigenvalue weighted by atomic mass is 32.2. The average Bonchev–Trinajstić information content (AvgIpc) is 2.94. The maximum atomic E-state index is 12.9. The molecule has 1 N–H and O–H groups in total. The zero-order valence-electron chi connectivity index (χ0n) is 14.1. The number of nitrogens with zero attached hydrogens (tertiary/aromatic N) is 5. The van der Waals surface area contributed by atoms with E-state index >= 15 is 0 Å². The highest BCUT2D eigenvalue weighted by Crippen LogP contribution is 2.27. The molecule has 1 aliphatic rings. The number of hydrogen-bond donors (Lipinski definition) is 1. The van der Waals surface area contributed by atoms with E-state index in [1.807, 2.05) is 13.1 Å². The zero-order valence-corrected chi connectivity index (χ0v) is 14.9. The van der Waals surface area contributed by atoms with Crippen molar-refractivity contribution in [2.75, 3.05) is 25.0 Å². The van der Waals surface area contributed by atoms with Crippen molar-refractivity contribution in [2.45, 2.75) is 37.6 Å². The number of piperidine rings is 1. The van der Waals surface area contributed by atoms with Crippen LogP contribution >= 0.6 is 0 Å². The van der Waals surface area contributed by atoms with E-state index in [0.29, 0.717) is 29.4 Å². The van der Waals surface area contributed by atoms with Gasteiger partial charge in [-0.1, -0.05) is 0 Å². The van der Waals surface area contributed by atoms with Crippen molar-refractivity contribution in [2.24, 2.45) is 0 Å². The molecule has 1 saturated heterocycles. The third-order valence-corrected chi connectivity index (χ3v) is 6.72. The molecule has 0 radical (unpaired) electrons. The molecule has 0 bridgehead atoms. The molecule has 8 nitrogen and oxygen atoms in total. The Bertz CT molecular complexity index is 777. The molecule has 0 atom stereocenters. The van der Waals surface area contributed by atoms with Crippen molar-refractivity contribution < 1.29 is 8.42 Å². The number of anilines is 1. The van der Waals surface area contributed by atoms with Gasteiger partial charge in [0.05, 0.1) is 11.4 Å². The van der Waals surface area contributed by atoms with Crippen LogP contribution in [0.1, 0.15) is 24.2 Å². The number of aromatic amines is 1. The predicted octanol–water partition coefficient (Wildman–Crippen LogP) is 1.11. The van der Waals surface area contributed by atoms with Crippen LogP contribution in [0.3, 0.4) is 0 Å². The summed E-state index contributed by atoms with van der Waals surface area (Å²) < 4.78 is 27.3. The van der Waals surface area contributed by atoms with Crippen molar-refractivity contribution in [1.29, 1.82) is 0 Å². The molecule has 24 heavy (non-hydrogen) atoms. The van der Waals surface area contributed by atoms with Gasteiger partial charge in [-0.2, -0.15) is 9.40 Å². The van der Waals surface area contributed by atoms with Gasteiger partial charge in [-0.15, -0.1) is 0 Å². The van der Waals surface area contributed by atoms with E-state index in [2.05, 4.69) is 25.1 Å². The van der Waals surface area contributed by atoms with Crippen LogP contribution in [0.2, 0.25) is 0 Å². The predicted molar refractivity (Wildman–Crippen MR) is 90.3 cm³/mol. The number of rotatable bonds is 4. The molecule has 0 unspecified atom stereocenters. The van der Waals surface area contributed by atoms with Gasteiger partial charge >= 0.3 is 0 Å². The minimum absolute atomic E-state index is 0.262. The molecule has 0 aromatic carbocycles. The van der Waals surface area contributed by atoms with Crippen molar-refractivity contribution in [3.63, 3.8) is 0 Å². The van der Waals surface area contributed by atoms with Crippen molar-refractivity contribution in [3.8, 4) is 0 Å². The zero-order chi connectivity index (χ0) is 17.3. The van der Waals surface area contributed by atoms with E-state index in [-0.39, 0.29) is 6.04 Å². The van der Waals surface area contributed by atoms with Crippen LogP contribution < -0.4 is 4.90 Å². The summed E-state index contributed by atoms with van der Waals surface area (Å²) in [5.74, 6) is 0.854. The van der Waals surface area contributed by atoms with E-state index < -0.39 is 10.0 Å². The van der Waals surface area contributed by atoms with Crippen LogP contribution in [0.5, 0.6) is 0 Å². The van der Waals surface area contributed by atoms with Gasteiger partial charge in [-0.3, -0.25) is 5.10 Å². The Labute approximate surface area is 142 Å². The number of sulfonamides is 1. The summed E-state index contributed by atoms with van der Waals surface area (Å²) in [7, 11) is -1.51. The molecule has 3 heterocycles. The van der Waals surface area contributed by atoms with Crippen LogP contribution in [-0.4, -0.2) is 59.1 Å². The first-order valence-corrected chi connectivity index (χ1v) is 9.36. The van der Waals surface area contributed by atoms with Crippen molar-refractivity contribution in [3.05, 3.63) is 30.0 Å². The number of H-pyrrole nitrogens is 1. The fraction of sp³-hybridized carbons (Fsp3) is 0.533. The minimum atomic E-state index is -3.50. The normalized spacial score (nSPS) is 17.1. The fourth-order valence-electron chi connectivity index (χ4n) is 3.20. The molecule has 0 aliphatic carbocycles. The third kappa shape index (κ3) is 3.01. The Kier molecular flexibility index (Phi) is 4.55. The molecule has 1 fully saturated rings. The average molecular weight is 350 g/mol. The Morgan fingerprint density at radius 3 is 2.54 bits per heavy atom.